The predicted octanol–water partition coefficient (Wildman–Crippen LogP) is 5.52. The zero-order valence-electron chi connectivity index (χ0n) is 17.5. The van der Waals surface area contributed by atoms with Gasteiger partial charge < -0.3 is 16.0 Å². The molecule has 4 aromatic rings. The average molecular weight is 400 g/mol. The summed E-state index contributed by atoms with van der Waals surface area (Å²) in [6, 6.07) is 14.6. The fourth-order valence-corrected chi connectivity index (χ4v) is 3.70. The molecule has 5 nitrogen and oxygen atoms in total. The molecule has 154 valence electrons. The number of nitrogens with one attached hydrogen (secondary N) is 2. The van der Waals surface area contributed by atoms with Gasteiger partial charge in [-0.1, -0.05) is 42.7 Å². The molecule has 2 aromatic carbocycles. The van der Waals surface area contributed by atoms with Crippen LogP contribution in [-0.4, -0.2) is 28.0 Å². The third kappa shape index (κ3) is 4.69. The van der Waals surface area contributed by atoms with Crippen LogP contribution in [0.15, 0.2) is 48.7 Å². The second-order valence-corrected chi connectivity index (χ2v) is 7.70. The Hall–Kier alpha value is -3.18. The Labute approximate surface area is 177 Å². The van der Waals surface area contributed by atoms with Crippen molar-refractivity contribution in [1.29, 1.82) is 0 Å². The summed E-state index contributed by atoms with van der Waals surface area (Å²) >= 11 is 0. The third-order valence-corrected chi connectivity index (χ3v) is 5.33. The van der Waals surface area contributed by atoms with E-state index in [2.05, 4.69) is 59.7 Å². The molecule has 4 N–H and O–H groups in total. The minimum Gasteiger partial charge on any atom is -0.369 e. The third-order valence-electron chi connectivity index (χ3n) is 5.33. The highest BCUT2D eigenvalue weighted by molar-refractivity contribution is 5.93. The number of aromatic nitrogens is 3. The molecule has 0 saturated heterocycles. The summed E-state index contributed by atoms with van der Waals surface area (Å²) in [5.74, 6) is 1.61. The van der Waals surface area contributed by atoms with Crippen LogP contribution in [0.2, 0.25) is 0 Å². The Bertz CT molecular complexity index is 1160. The number of nitrogens with zero attached hydrogens (tertiary/aromatic N) is 2. The molecule has 0 bridgehead atoms. The maximum atomic E-state index is 5.58. The summed E-state index contributed by atoms with van der Waals surface area (Å²) in [5, 5.41) is 5.80. The number of hydrogen-bond donors (Lipinski definition) is 3. The highest BCUT2D eigenvalue weighted by Crippen LogP contribution is 2.24. The van der Waals surface area contributed by atoms with E-state index in [1.165, 1.54) is 23.8 Å². The van der Waals surface area contributed by atoms with Gasteiger partial charge in [0, 0.05) is 29.0 Å². The van der Waals surface area contributed by atoms with Crippen molar-refractivity contribution in [2.45, 2.75) is 32.6 Å². The number of nitrogens with two attached hydrogens (primary N) is 1. The molecule has 0 aliphatic rings. The van der Waals surface area contributed by atoms with Gasteiger partial charge >= 0.3 is 0 Å². The first-order chi connectivity index (χ1) is 14.7. The first kappa shape index (κ1) is 20.1. The van der Waals surface area contributed by atoms with Crippen molar-refractivity contribution in [2.24, 2.45) is 5.73 Å². The number of anilines is 1. The molecule has 4 rings (SSSR count). The molecular weight excluding hydrogens is 370 g/mol. The lowest BCUT2D eigenvalue weighted by molar-refractivity contribution is 0.661. The van der Waals surface area contributed by atoms with E-state index in [9.17, 15) is 0 Å². The monoisotopic (exact) mass is 399 g/mol. The largest absolute Gasteiger partial charge is 0.369 e. The number of aryl methyl sites for hydroxylation is 1. The average Bonchev–Trinajstić information content (AvgIpc) is 3.18. The van der Waals surface area contributed by atoms with Crippen molar-refractivity contribution in [1.82, 2.24) is 15.0 Å². The van der Waals surface area contributed by atoms with Crippen LogP contribution in [0.1, 0.15) is 42.6 Å². The van der Waals surface area contributed by atoms with Gasteiger partial charge in [-0.15, -0.1) is 0 Å². The van der Waals surface area contributed by atoms with Gasteiger partial charge in [-0.05, 0) is 62.2 Å². The SMILES string of the molecule is Cc1ccc2nc(/C=C/c3c[nH]c4ccccc34)nc(NCCCCCCN)c2c1. The molecule has 5 heteroatoms. The summed E-state index contributed by atoms with van der Waals surface area (Å²) in [6.45, 7) is 3.77. The highest BCUT2D eigenvalue weighted by atomic mass is 15.0. The molecule has 0 unspecified atom stereocenters. The van der Waals surface area contributed by atoms with E-state index in [1.54, 1.807) is 0 Å². The van der Waals surface area contributed by atoms with Crippen LogP contribution < -0.4 is 11.1 Å². The van der Waals surface area contributed by atoms with E-state index in [-0.39, 0.29) is 0 Å². The normalized spacial score (nSPS) is 11.7. The molecule has 30 heavy (non-hydrogen) atoms. The number of para-hydroxylation sites is 1. The first-order valence-electron chi connectivity index (χ1n) is 10.7. The van der Waals surface area contributed by atoms with Gasteiger partial charge in [-0.2, -0.15) is 0 Å². The number of aromatic amines is 1. The van der Waals surface area contributed by atoms with E-state index >= 15 is 0 Å². The van der Waals surface area contributed by atoms with Gasteiger partial charge in [-0.25, -0.2) is 9.97 Å². The van der Waals surface area contributed by atoms with Gasteiger partial charge in [0.05, 0.1) is 5.52 Å². The van der Waals surface area contributed by atoms with Gasteiger partial charge in [0.2, 0.25) is 0 Å². The van der Waals surface area contributed by atoms with Crippen LogP contribution in [0.4, 0.5) is 5.82 Å². The molecule has 0 spiro atoms. The number of benzene rings is 2. The van der Waals surface area contributed by atoms with E-state index in [1.807, 2.05) is 18.3 Å². The Morgan fingerprint density at radius 3 is 2.73 bits per heavy atom. The van der Waals surface area contributed by atoms with E-state index < -0.39 is 0 Å². The molecule has 0 atom stereocenters. The van der Waals surface area contributed by atoms with Crippen LogP contribution in [0.3, 0.4) is 0 Å². The Balaban J connectivity index is 1.58. The molecule has 0 fully saturated rings. The molecule has 2 heterocycles. The molecule has 2 aromatic heterocycles. The summed E-state index contributed by atoms with van der Waals surface area (Å²) in [5.41, 5.74) is 10.0. The zero-order valence-corrected chi connectivity index (χ0v) is 17.5. The van der Waals surface area contributed by atoms with E-state index in [0.29, 0.717) is 5.82 Å². The Morgan fingerprint density at radius 2 is 1.83 bits per heavy atom. The number of H-pyrrole nitrogens is 1. The van der Waals surface area contributed by atoms with Crippen LogP contribution in [0.5, 0.6) is 0 Å². The number of hydrogen-bond acceptors (Lipinski definition) is 4. The highest BCUT2D eigenvalue weighted by Gasteiger charge is 2.07. The Kier molecular flexibility index (Phi) is 6.40. The number of unbranched alkanes of at least 4 members (excludes halogenated alkanes) is 3. The van der Waals surface area contributed by atoms with Crippen molar-refractivity contribution >= 4 is 39.8 Å². The van der Waals surface area contributed by atoms with Crippen LogP contribution in [0, 0.1) is 6.92 Å². The second-order valence-electron chi connectivity index (χ2n) is 7.70. The summed E-state index contributed by atoms with van der Waals surface area (Å²) in [6.07, 6.45) is 10.6. The zero-order chi connectivity index (χ0) is 20.8. The molecule has 0 aliphatic heterocycles. The van der Waals surface area contributed by atoms with Crippen LogP contribution in [0.25, 0.3) is 34.0 Å². The van der Waals surface area contributed by atoms with Crippen molar-refractivity contribution in [2.75, 3.05) is 18.4 Å². The lowest BCUT2D eigenvalue weighted by Crippen LogP contribution is -2.06. The minimum absolute atomic E-state index is 0.710. The van der Waals surface area contributed by atoms with Crippen molar-refractivity contribution in [3.63, 3.8) is 0 Å². The lowest BCUT2D eigenvalue weighted by Gasteiger charge is -2.10. The van der Waals surface area contributed by atoms with Crippen LogP contribution in [-0.2, 0) is 0 Å². The fourth-order valence-electron chi connectivity index (χ4n) is 3.70. The molecule has 0 radical (unpaired) electrons. The van der Waals surface area contributed by atoms with E-state index in [4.69, 9.17) is 15.7 Å². The fraction of sp³-hybridized carbons (Fsp3) is 0.280. The summed E-state index contributed by atoms with van der Waals surface area (Å²) < 4.78 is 0. The first-order valence-corrected chi connectivity index (χ1v) is 10.7. The summed E-state index contributed by atoms with van der Waals surface area (Å²) in [7, 11) is 0. The quantitative estimate of drug-likeness (QED) is 0.324. The number of fused-ring (bicyclic) bond motifs is 2. The predicted molar refractivity (Wildman–Crippen MR) is 128 cm³/mol. The molecule has 0 aliphatic carbocycles. The summed E-state index contributed by atoms with van der Waals surface area (Å²) in [4.78, 5) is 12.9. The molecule has 0 amide bonds. The van der Waals surface area contributed by atoms with Crippen molar-refractivity contribution < 1.29 is 0 Å². The standard InChI is InChI=1S/C25H29N5/c1-18-10-12-23-21(16-18)25(27-15-7-3-2-6-14-26)30-24(29-23)13-11-19-17-28-22-9-5-4-8-20(19)22/h4-5,8-13,16-17,28H,2-3,6-7,14-15,26H2,1H3,(H,27,29,30)/b13-11+. The smallest absolute Gasteiger partial charge is 0.154 e. The van der Waals surface area contributed by atoms with Crippen molar-refractivity contribution in [3.05, 3.63) is 65.6 Å². The van der Waals surface area contributed by atoms with Gasteiger partial charge in [0.25, 0.3) is 0 Å². The molecular formula is C25H29N5. The van der Waals surface area contributed by atoms with Gasteiger partial charge in [-0.3, -0.25) is 0 Å². The maximum absolute atomic E-state index is 5.58. The minimum atomic E-state index is 0.710. The Morgan fingerprint density at radius 1 is 0.967 bits per heavy atom. The van der Waals surface area contributed by atoms with E-state index in [0.717, 1.165) is 53.7 Å². The van der Waals surface area contributed by atoms with Crippen LogP contribution >= 0.6 is 0 Å². The second kappa shape index (κ2) is 9.55. The van der Waals surface area contributed by atoms with Gasteiger partial charge in [0.15, 0.2) is 5.82 Å². The maximum Gasteiger partial charge on any atom is 0.154 e. The van der Waals surface area contributed by atoms with Gasteiger partial charge in [0.1, 0.15) is 5.82 Å². The topological polar surface area (TPSA) is 79.6 Å². The molecule has 0 saturated carbocycles. The van der Waals surface area contributed by atoms with Crippen molar-refractivity contribution in [3.8, 4) is 0 Å². The lowest BCUT2D eigenvalue weighted by atomic mass is 10.1. The number of rotatable bonds is 9.